The molecule has 0 fully saturated rings. The van der Waals surface area contributed by atoms with Crippen molar-refractivity contribution in [1.29, 1.82) is 0 Å². The molecule has 2 atom stereocenters. The van der Waals surface area contributed by atoms with Crippen LogP contribution in [0.5, 0.6) is 0 Å². The van der Waals surface area contributed by atoms with Crippen LogP contribution in [0, 0.1) is 0 Å². The van der Waals surface area contributed by atoms with Crippen LogP contribution >= 0.6 is 0 Å². The van der Waals surface area contributed by atoms with Gasteiger partial charge in [0, 0.05) is 6.42 Å². The molecule has 4 heteroatoms. The zero-order valence-corrected chi connectivity index (χ0v) is 33.0. The van der Waals surface area contributed by atoms with Crippen molar-refractivity contribution < 1.29 is 15.0 Å². The summed E-state index contributed by atoms with van der Waals surface area (Å²) in [5.41, 5.74) is 0. The van der Waals surface area contributed by atoms with Crippen LogP contribution in [0.15, 0.2) is 0 Å². The van der Waals surface area contributed by atoms with Crippen LogP contribution in [-0.4, -0.2) is 34.9 Å². The normalized spacial score (nSPS) is 12.8. The second kappa shape index (κ2) is 40.8. The number of carbonyl (C=O) groups is 1. The van der Waals surface area contributed by atoms with Crippen LogP contribution in [0.4, 0.5) is 0 Å². The van der Waals surface area contributed by atoms with Gasteiger partial charge in [-0.15, -0.1) is 0 Å². The van der Waals surface area contributed by atoms with E-state index < -0.39 is 12.1 Å². The molecule has 0 rings (SSSR count). The van der Waals surface area contributed by atoms with Crippen molar-refractivity contribution in [2.24, 2.45) is 0 Å². The van der Waals surface area contributed by atoms with Gasteiger partial charge in [-0.1, -0.05) is 239 Å². The molecular formula is C44H89NO3. The first-order valence-electron chi connectivity index (χ1n) is 22.2. The fourth-order valence-corrected chi connectivity index (χ4v) is 7.19. The molecule has 0 aromatic heterocycles. The van der Waals surface area contributed by atoms with E-state index in [0.717, 1.165) is 25.7 Å². The van der Waals surface area contributed by atoms with E-state index in [9.17, 15) is 15.0 Å². The number of rotatable bonds is 41. The van der Waals surface area contributed by atoms with E-state index in [4.69, 9.17) is 0 Å². The highest BCUT2D eigenvalue weighted by Gasteiger charge is 2.20. The standard InChI is InChI=1S/C44H89NO3/c1-3-5-7-9-11-13-15-17-19-21-22-23-24-25-27-29-31-33-35-37-39-43(47)42(41-46)45-44(48)40-38-36-34-32-30-28-26-20-18-16-14-12-10-8-6-4-2/h42-43,46-47H,3-41H2,1-2H3,(H,45,48). The predicted octanol–water partition coefficient (Wildman–Crippen LogP) is 13.7. The summed E-state index contributed by atoms with van der Waals surface area (Å²) in [5.74, 6) is -0.0260. The first-order valence-corrected chi connectivity index (χ1v) is 22.2. The summed E-state index contributed by atoms with van der Waals surface area (Å²) < 4.78 is 0. The molecule has 0 heterocycles. The first kappa shape index (κ1) is 47.4. The Balaban J connectivity index is 3.46. The molecule has 0 bridgehead atoms. The minimum atomic E-state index is -0.653. The van der Waals surface area contributed by atoms with E-state index in [2.05, 4.69) is 19.2 Å². The second-order valence-electron chi connectivity index (χ2n) is 15.5. The molecule has 0 radical (unpaired) electrons. The molecule has 0 saturated heterocycles. The summed E-state index contributed by atoms with van der Waals surface area (Å²) in [4.78, 5) is 12.4. The van der Waals surface area contributed by atoms with Gasteiger partial charge in [-0.05, 0) is 12.8 Å². The van der Waals surface area contributed by atoms with Gasteiger partial charge in [0.2, 0.25) is 5.91 Å². The summed E-state index contributed by atoms with van der Waals surface area (Å²) in [6.45, 7) is 4.38. The minimum absolute atomic E-state index is 0.0260. The summed E-state index contributed by atoms with van der Waals surface area (Å²) in [6, 6.07) is -0.529. The molecule has 0 aromatic carbocycles. The van der Waals surface area contributed by atoms with Gasteiger partial charge in [0.05, 0.1) is 18.8 Å². The Bertz CT molecular complexity index is 612. The highest BCUT2D eigenvalue weighted by Crippen LogP contribution is 2.17. The lowest BCUT2D eigenvalue weighted by molar-refractivity contribution is -0.123. The third kappa shape index (κ3) is 36.7. The topological polar surface area (TPSA) is 69.6 Å². The SMILES string of the molecule is CCCCCCCCCCCCCCCCCCCCCCC(O)C(CO)NC(=O)CCCCCCCCCCCCCCCCCC. The molecule has 1 amide bonds. The lowest BCUT2D eigenvalue weighted by Gasteiger charge is -2.22. The fraction of sp³-hybridized carbons (Fsp3) is 0.977. The van der Waals surface area contributed by atoms with Gasteiger partial charge < -0.3 is 15.5 Å². The van der Waals surface area contributed by atoms with E-state index in [1.165, 1.54) is 205 Å². The summed E-state index contributed by atoms with van der Waals surface area (Å²) in [6.07, 6.45) is 48.9. The van der Waals surface area contributed by atoms with E-state index in [1.54, 1.807) is 0 Å². The van der Waals surface area contributed by atoms with Crippen molar-refractivity contribution in [3.05, 3.63) is 0 Å². The van der Waals surface area contributed by atoms with Crippen molar-refractivity contribution in [2.75, 3.05) is 6.61 Å². The summed E-state index contributed by atoms with van der Waals surface area (Å²) >= 11 is 0. The van der Waals surface area contributed by atoms with Crippen LogP contribution in [0.25, 0.3) is 0 Å². The van der Waals surface area contributed by atoms with Gasteiger partial charge in [-0.3, -0.25) is 4.79 Å². The van der Waals surface area contributed by atoms with Gasteiger partial charge in [0.1, 0.15) is 0 Å². The van der Waals surface area contributed by atoms with Crippen LogP contribution < -0.4 is 5.32 Å². The van der Waals surface area contributed by atoms with Crippen molar-refractivity contribution in [3.63, 3.8) is 0 Å². The highest BCUT2D eigenvalue weighted by atomic mass is 16.3. The third-order valence-corrected chi connectivity index (χ3v) is 10.6. The highest BCUT2D eigenvalue weighted by molar-refractivity contribution is 5.76. The fourth-order valence-electron chi connectivity index (χ4n) is 7.19. The van der Waals surface area contributed by atoms with Crippen LogP contribution in [0.3, 0.4) is 0 Å². The van der Waals surface area contributed by atoms with Crippen molar-refractivity contribution >= 4 is 5.91 Å². The number of hydrogen-bond donors (Lipinski definition) is 3. The smallest absolute Gasteiger partial charge is 0.220 e. The maximum Gasteiger partial charge on any atom is 0.220 e. The Labute approximate surface area is 302 Å². The average Bonchev–Trinajstić information content (AvgIpc) is 3.09. The third-order valence-electron chi connectivity index (χ3n) is 10.6. The summed E-state index contributed by atoms with van der Waals surface area (Å²) in [7, 11) is 0. The molecule has 288 valence electrons. The van der Waals surface area contributed by atoms with Crippen LogP contribution in [-0.2, 0) is 4.79 Å². The van der Waals surface area contributed by atoms with Gasteiger partial charge in [0.25, 0.3) is 0 Å². The Hall–Kier alpha value is -0.610. The van der Waals surface area contributed by atoms with Crippen LogP contribution in [0.1, 0.15) is 258 Å². The Kier molecular flexibility index (Phi) is 40.3. The monoisotopic (exact) mass is 680 g/mol. The van der Waals surface area contributed by atoms with Crippen molar-refractivity contribution in [3.8, 4) is 0 Å². The Morgan fingerprint density at radius 3 is 0.938 bits per heavy atom. The number of aliphatic hydroxyl groups is 2. The first-order chi connectivity index (χ1) is 23.7. The van der Waals surface area contributed by atoms with Gasteiger partial charge >= 0.3 is 0 Å². The van der Waals surface area contributed by atoms with Gasteiger partial charge in [0.15, 0.2) is 0 Å². The number of amides is 1. The number of hydrogen-bond acceptors (Lipinski definition) is 3. The summed E-state index contributed by atoms with van der Waals surface area (Å²) in [5, 5.41) is 23.2. The molecule has 0 aliphatic carbocycles. The van der Waals surface area contributed by atoms with E-state index >= 15 is 0 Å². The average molecular weight is 680 g/mol. The lowest BCUT2D eigenvalue weighted by Crippen LogP contribution is -2.45. The Morgan fingerprint density at radius 2 is 0.667 bits per heavy atom. The maximum absolute atomic E-state index is 12.4. The van der Waals surface area contributed by atoms with Crippen molar-refractivity contribution in [1.82, 2.24) is 5.32 Å². The molecule has 0 aromatic rings. The maximum atomic E-state index is 12.4. The van der Waals surface area contributed by atoms with Crippen LogP contribution in [0.2, 0.25) is 0 Å². The Morgan fingerprint density at radius 1 is 0.417 bits per heavy atom. The molecule has 0 saturated carbocycles. The molecular weight excluding hydrogens is 590 g/mol. The van der Waals surface area contributed by atoms with E-state index in [1.807, 2.05) is 0 Å². The number of aliphatic hydroxyl groups excluding tert-OH is 2. The zero-order valence-electron chi connectivity index (χ0n) is 33.0. The minimum Gasteiger partial charge on any atom is -0.394 e. The predicted molar refractivity (Wildman–Crippen MR) is 212 cm³/mol. The molecule has 0 aliphatic heterocycles. The van der Waals surface area contributed by atoms with Gasteiger partial charge in [-0.25, -0.2) is 0 Å². The molecule has 4 nitrogen and oxygen atoms in total. The second-order valence-corrected chi connectivity index (χ2v) is 15.5. The quantitative estimate of drug-likeness (QED) is 0.0563. The number of carbonyl (C=O) groups excluding carboxylic acids is 1. The number of unbranched alkanes of at least 4 members (excludes halogenated alkanes) is 34. The molecule has 2 unspecified atom stereocenters. The largest absolute Gasteiger partial charge is 0.394 e. The van der Waals surface area contributed by atoms with E-state index in [0.29, 0.717) is 12.8 Å². The molecule has 48 heavy (non-hydrogen) atoms. The molecule has 0 spiro atoms. The lowest BCUT2D eigenvalue weighted by atomic mass is 10.0. The number of nitrogens with one attached hydrogen (secondary N) is 1. The zero-order chi connectivity index (χ0) is 35.0. The molecule has 3 N–H and O–H groups in total. The van der Waals surface area contributed by atoms with E-state index in [-0.39, 0.29) is 12.5 Å². The van der Waals surface area contributed by atoms with Crippen molar-refractivity contribution in [2.45, 2.75) is 270 Å². The van der Waals surface area contributed by atoms with Gasteiger partial charge in [-0.2, -0.15) is 0 Å². The molecule has 0 aliphatic rings.